The van der Waals surface area contributed by atoms with Crippen LogP contribution in [0.25, 0.3) is 0 Å². The largest absolute Gasteiger partial charge is 0.350 e. The van der Waals surface area contributed by atoms with E-state index in [2.05, 4.69) is 0 Å². The molecule has 2 unspecified atom stereocenters. The molecule has 5 heteroatoms. The number of hydroxylamine groups is 2. The molecule has 1 aromatic rings. The number of hydrogen-bond donors (Lipinski definition) is 2. The number of halogens is 1. The van der Waals surface area contributed by atoms with E-state index < -0.39 is 6.03 Å². The number of nitrogens with two attached hydrogens (primary N) is 1. The van der Waals surface area contributed by atoms with Crippen molar-refractivity contribution in [2.45, 2.75) is 12.3 Å². The number of urea groups is 1. The van der Waals surface area contributed by atoms with Crippen molar-refractivity contribution in [3.05, 3.63) is 34.9 Å². The lowest BCUT2D eigenvalue weighted by atomic mass is 10.1. The quantitative estimate of drug-likeness (QED) is 0.628. The Morgan fingerprint density at radius 2 is 2.12 bits per heavy atom. The van der Waals surface area contributed by atoms with Gasteiger partial charge in [-0.05, 0) is 36.0 Å². The normalized spacial score (nSPS) is 22.9. The molecule has 0 aromatic heterocycles. The third kappa shape index (κ3) is 2.46. The zero-order chi connectivity index (χ0) is 11.7. The van der Waals surface area contributed by atoms with Crippen molar-refractivity contribution in [1.82, 2.24) is 5.06 Å². The van der Waals surface area contributed by atoms with E-state index in [1.165, 1.54) is 5.56 Å². The minimum absolute atomic E-state index is 0.290. The molecule has 1 aromatic carbocycles. The molecule has 0 aliphatic heterocycles. The number of rotatable bonds is 3. The molecule has 0 spiro atoms. The van der Waals surface area contributed by atoms with Gasteiger partial charge in [-0.1, -0.05) is 23.7 Å². The highest BCUT2D eigenvalue weighted by Gasteiger charge is 2.39. The van der Waals surface area contributed by atoms with E-state index in [9.17, 15) is 10.0 Å². The van der Waals surface area contributed by atoms with Gasteiger partial charge in [0.15, 0.2) is 0 Å². The van der Waals surface area contributed by atoms with Crippen LogP contribution in [0, 0.1) is 5.92 Å². The number of benzene rings is 1. The van der Waals surface area contributed by atoms with E-state index in [4.69, 9.17) is 17.3 Å². The first-order valence-electron chi connectivity index (χ1n) is 5.09. The van der Waals surface area contributed by atoms with Gasteiger partial charge in [-0.25, -0.2) is 9.86 Å². The van der Waals surface area contributed by atoms with Crippen LogP contribution in [0.1, 0.15) is 17.9 Å². The van der Waals surface area contributed by atoms with Crippen LogP contribution in [0.4, 0.5) is 4.79 Å². The van der Waals surface area contributed by atoms with Crippen molar-refractivity contribution in [3.63, 3.8) is 0 Å². The minimum atomic E-state index is -0.804. The van der Waals surface area contributed by atoms with Crippen LogP contribution >= 0.6 is 11.6 Å². The van der Waals surface area contributed by atoms with E-state index in [1.807, 2.05) is 24.3 Å². The molecule has 86 valence electrons. The molecular formula is C11H13ClN2O2. The first-order chi connectivity index (χ1) is 7.58. The molecule has 0 heterocycles. The molecular weight excluding hydrogens is 228 g/mol. The van der Waals surface area contributed by atoms with Crippen molar-refractivity contribution in [2.75, 3.05) is 6.54 Å². The van der Waals surface area contributed by atoms with Crippen LogP contribution in [-0.2, 0) is 0 Å². The average molecular weight is 241 g/mol. The third-order valence-electron chi connectivity index (χ3n) is 2.88. The fourth-order valence-electron chi connectivity index (χ4n) is 1.88. The maximum atomic E-state index is 10.6. The first-order valence-corrected chi connectivity index (χ1v) is 5.47. The van der Waals surface area contributed by atoms with Gasteiger partial charge in [-0.3, -0.25) is 5.21 Å². The maximum absolute atomic E-state index is 10.6. The number of primary amides is 1. The second-order valence-electron chi connectivity index (χ2n) is 4.07. The first kappa shape index (κ1) is 11.2. The fourth-order valence-corrected chi connectivity index (χ4v) is 2.01. The van der Waals surface area contributed by atoms with Crippen LogP contribution in [0.15, 0.2) is 24.3 Å². The number of amides is 2. The molecule has 1 aliphatic rings. The van der Waals surface area contributed by atoms with E-state index in [0.717, 1.165) is 6.42 Å². The Morgan fingerprint density at radius 1 is 1.50 bits per heavy atom. The Kier molecular flexibility index (Phi) is 3.03. The van der Waals surface area contributed by atoms with Crippen LogP contribution in [0.2, 0.25) is 5.02 Å². The summed E-state index contributed by atoms with van der Waals surface area (Å²) in [6.07, 6.45) is 0.964. The molecule has 2 amide bonds. The van der Waals surface area contributed by atoms with Crippen molar-refractivity contribution in [3.8, 4) is 0 Å². The van der Waals surface area contributed by atoms with Crippen LogP contribution in [0.3, 0.4) is 0 Å². The number of carbonyl (C=O) groups is 1. The molecule has 4 nitrogen and oxygen atoms in total. The molecule has 0 radical (unpaired) electrons. The summed E-state index contributed by atoms with van der Waals surface area (Å²) < 4.78 is 0. The number of carbonyl (C=O) groups excluding carboxylic acids is 1. The van der Waals surface area contributed by atoms with E-state index in [0.29, 0.717) is 28.5 Å². The molecule has 16 heavy (non-hydrogen) atoms. The summed E-state index contributed by atoms with van der Waals surface area (Å²) in [5, 5.41) is 10.5. The highest BCUT2D eigenvalue weighted by molar-refractivity contribution is 6.30. The topological polar surface area (TPSA) is 66.6 Å². The third-order valence-corrected chi connectivity index (χ3v) is 3.13. The van der Waals surface area contributed by atoms with Gasteiger partial charge in [-0.2, -0.15) is 0 Å². The Labute approximate surface area is 98.6 Å². The average Bonchev–Trinajstić information content (AvgIpc) is 2.98. The van der Waals surface area contributed by atoms with Gasteiger partial charge in [0.1, 0.15) is 0 Å². The smallest absolute Gasteiger partial charge is 0.338 e. The monoisotopic (exact) mass is 240 g/mol. The summed E-state index contributed by atoms with van der Waals surface area (Å²) in [7, 11) is 0. The van der Waals surface area contributed by atoms with Crippen LogP contribution in [-0.4, -0.2) is 22.8 Å². The molecule has 0 saturated heterocycles. The molecule has 3 N–H and O–H groups in total. The number of hydrogen-bond acceptors (Lipinski definition) is 2. The van der Waals surface area contributed by atoms with Crippen LogP contribution < -0.4 is 5.73 Å². The lowest BCUT2D eigenvalue weighted by Gasteiger charge is -2.11. The summed E-state index contributed by atoms with van der Waals surface area (Å²) in [5.41, 5.74) is 6.12. The van der Waals surface area contributed by atoms with Gasteiger partial charge >= 0.3 is 6.03 Å². The predicted molar refractivity (Wildman–Crippen MR) is 60.4 cm³/mol. The number of nitrogens with zero attached hydrogens (tertiary/aromatic N) is 1. The van der Waals surface area contributed by atoms with Crippen molar-refractivity contribution < 1.29 is 10.0 Å². The SMILES string of the molecule is NC(=O)N(O)CC1CC1c1ccc(Cl)cc1. The molecule has 1 aliphatic carbocycles. The minimum Gasteiger partial charge on any atom is -0.350 e. The summed E-state index contributed by atoms with van der Waals surface area (Å²) in [4.78, 5) is 10.6. The predicted octanol–water partition coefficient (Wildman–Crippen LogP) is 2.21. The molecule has 1 saturated carbocycles. The van der Waals surface area contributed by atoms with E-state index >= 15 is 0 Å². The Bertz CT molecular complexity index is 393. The zero-order valence-corrected chi connectivity index (χ0v) is 9.39. The summed E-state index contributed by atoms with van der Waals surface area (Å²) in [6, 6.07) is 6.83. The Hall–Kier alpha value is -1.26. The molecule has 2 atom stereocenters. The zero-order valence-electron chi connectivity index (χ0n) is 8.64. The molecule has 2 rings (SSSR count). The lowest BCUT2D eigenvalue weighted by molar-refractivity contribution is -0.0431. The van der Waals surface area contributed by atoms with Gasteiger partial charge in [-0.15, -0.1) is 0 Å². The van der Waals surface area contributed by atoms with Crippen molar-refractivity contribution in [1.29, 1.82) is 0 Å². The van der Waals surface area contributed by atoms with Crippen molar-refractivity contribution >= 4 is 17.6 Å². The van der Waals surface area contributed by atoms with Crippen molar-refractivity contribution in [2.24, 2.45) is 11.7 Å². The fraction of sp³-hybridized carbons (Fsp3) is 0.364. The summed E-state index contributed by atoms with van der Waals surface area (Å²) in [5.74, 6) is 0.685. The molecule has 1 fully saturated rings. The highest BCUT2D eigenvalue weighted by atomic mass is 35.5. The van der Waals surface area contributed by atoms with E-state index in [-0.39, 0.29) is 0 Å². The van der Waals surface area contributed by atoms with Gasteiger partial charge in [0.25, 0.3) is 0 Å². The second-order valence-corrected chi connectivity index (χ2v) is 4.51. The Morgan fingerprint density at radius 3 is 2.69 bits per heavy atom. The second kappa shape index (κ2) is 4.31. The van der Waals surface area contributed by atoms with Gasteiger partial charge in [0, 0.05) is 5.02 Å². The van der Waals surface area contributed by atoms with Gasteiger partial charge < -0.3 is 5.73 Å². The Balaban J connectivity index is 1.91. The van der Waals surface area contributed by atoms with Crippen LogP contribution in [0.5, 0.6) is 0 Å². The molecule has 0 bridgehead atoms. The summed E-state index contributed by atoms with van der Waals surface area (Å²) in [6.45, 7) is 0.294. The highest BCUT2D eigenvalue weighted by Crippen LogP contribution is 2.47. The van der Waals surface area contributed by atoms with E-state index in [1.54, 1.807) is 0 Å². The van der Waals surface area contributed by atoms with Gasteiger partial charge in [0.05, 0.1) is 6.54 Å². The standard InChI is InChI=1S/C11H13ClN2O2/c12-9-3-1-7(2-4-9)10-5-8(10)6-14(16)11(13)15/h1-4,8,10,16H,5-6H2,(H2,13,15). The summed E-state index contributed by atoms with van der Waals surface area (Å²) >= 11 is 5.79. The maximum Gasteiger partial charge on any atom is 0.338 e. The lowest BCUT2D eigenvalue weighted by Crippen LogP contribution is -2.34. The van der Waals surface area contributed by atoms with Gasteiger partial charge in [0.2, 0.25) is 0 Å².